The lowest BCUT2D eigenvalue weighted by atomic mass is 10.2. The largest absolute Gasteiger partial charge is 0.396 e. The lowest BCUT2D eigenvalue weighted by molar-refractivity contribution is -0.103. The summed E-state index contributed by atoms with van der Waals surface area (Å²) in [5.41, 5.74) is 7.55. The molecule has 0 bridgehead atoms. The second kappa shape index (κ2) is 3.54. The van der Waals surface area contributed by atoms with Crippen LogP contribution in [0.25, 0.3) is 0 Å². The number of anilines is 1. The van der Waals surface area contributed by atoms with Crippen LogP contribution < -0.4 is 5.73 Å². The molecule has 0 saturated carbocycles. The number of aldehydes is 1. The van der Waals surface area contributed by atoms with Gasteiger partial charge in [-0.05, 0) is 30.4 Å². The van der Waals surface area contributed by atoms with E-state index in [9.17, 15) is 4.79 Å². The minimum absolute atomic E-state index is 0.460. The first-order valence-electron chi connectivity index (χ1n) is 3.42. The summed E-state index contributed by atoms with van der Waals surface area (Å²) in [4.78, 5) is 13.9. The summed E-state index contributed by atoms with van der Waals surface area (Å²) < 4.78 is 0. The molecule has 0 aliphatic rings. The number of aromatic nitrogens is 1. The van der Waals surface area contributed by atoms with Gasteiger partial charge in [0.15, 0.2) is 6.29 Å². The molecular formula is C9H8N2O. The van der Waals surface area contributed by atoms with Crippen LogP contribution >= 0.6 is 0 Å². The number of aryl methyl sites for hydroxylation is 1. The van der Waals surface area contributed by atoms with E-state index in [1.807, 2.05) is 6.92 Å². The Bertz CT molecular complexity index is 361. The van der Waals surface area contributed by atoms with Gasteiger partial charge in [0.25, 0.3) is 0 Å². The van der Waals surface area contributed by atoms with E-state index in [1.54, 1.807) is 12.3 Å². The molecule has 0 saturated heterocycles. The fourth-order valence-electron chi connectivity index (χ4n) is 0.767. The molecule has 3 nitrogen and oxygen atoms in total. The fourth-order valence-corrected chi connectivity index (χ4v) is 0.767. The zero-order valence-electron chi connectivity index (χ0n) is 6.66. The van der Waals surface area contributed by atoms with E-state index in [0.717, 1.165) is 5.56 Å². The van der Waals surface area contributed by atoms with E-state index in [2.05, 4.69) is 16.8 Å². The topological polar surface area (TPSA) is 56.0 Å². The Morgan fingerprint density at radius 3 is 3.08 bits per heavy atom. The zero-order valence-corrected chi connectivity index (χ0v) is 6.66. The number of rotatable bonds is 0. The van der Waals surface area contributed by atoms with Crippen LogP contribution in [-0.2, 0) is 4.79 Å². The second-order valence-corrected chi connectivity index (χ2v) is 2.28. The molecule has 0 amide bonds. The van der Waals surface area contributed by atoms with Gasteiger partial charge in [-0.3, -0.25) is 4.79 Å². The van der Waals surface area contributed by atoms with Crippen molar-refractivity contribution in [2.24, 2.45) is 0 Å². The van der Waals surface area contributed by atoms with Crippen molar-refractivity contribution in [2.75, 3.05) is 5.73 Å². The van der Waals surface area contributed by atoms with Gasteiger partial charge in [0, 0.05) is 6.20 Å². The third-order valence-electron chi connectivity index (χ3n) is 1.46. The van der Waals surface area contributed by atoms with Crippen LogP contribution in [0.15, 0.2) is 12.3 Å². The monoisotopic (exact) mass is 160 g/mol. The van der Waals surface area contributed by atoms with E-state index in [4.69, 9.17) is 5.73 Å². The molecule has 0 unspecified atom stereocenters. The lowest BCUT2D eigenvalue weighted by Crippen LogP contribution is -1.96. The Labute approximate surface area is 70.6 Å². The molecule has 1 aromatic rings. The summed E-state index contributed by atoms with van der Waals surface area (Å²) in [6.07, 6.45) is 2.13. The standard InChI is InChI=1S/C9H8N2O/c1-7-4-5-11-8(9(7)10)3-2-6-12/h4-6H,10H2,1H3. The molecule has 1 heterocycles. The van der Waals surface area contributed by atoms with Crippen LogP contribution in [0.4, 0.5) is 5.69 Å². The van der Waals surface area contributed by atoms with Gasteiger partial charge in [-0.25, -0.2) is 4.98 Å². The Kier molecular flexibility index (Phi) is 2.44. The number of carbonyl (C=O) groups is 1. The number of carbonyl (C=O) groups excluding carboxylic acids is 1. The van der Waals surface area contributed by atoms with Gasteiger partial charge in [-0.1, -0.05) is 0 Å². The van der Waals surface area contributed by atoms with Crippen molar-refractivity contribution in [2.45, 2.75) is 6.92 Å². The second-order valence-electron chi connectivity index (χ2n) is 2.28. The van der Waals surface area contributed by atoms with Gasteiger partial charge in [0.1, 0.15) is 5.69 Å². The summed E-state index contributed by atoms with van der Waals surface area (Å²) in [7, 11) is 0. The summed E-state index contributed by atoms with van der Waals surface area (Å²) in [5, 5.41) is 0. The number of pyridine rings is 1. The molecular weight excluding hydrogens is 152 g/mol. The smallest absolute Gasteiger partial charge is 0.193 e. The van der Waals surface area contributed by atoms with Crippen LogP contribution in [0.5, 0.6) is 0 Å². The molecule has 0 aliphatic carbocycles. The first-order chi connectivity index (χ1) is 5.75. The van der Waals surface area contributed by atoms with Gasteiger partial charge < -0.3 is 5.73 Å². The number of nitrogen functional groups attached to an aromatic ring is 1. The van der Waals surface area contributed by atoms with Crippen molar-refractivity contribution in [3.8, 4) is 11.8 Å². The summed E-state index contributed by atoms with van der Waals surface area (Å²) in [6, 6.07) is 1.79. The maximum Gasteiger partial charge on any atom is 0.193 e. The summed E-state index contributed by atoms with van der Waals surface area (Å²) in [5.74, 6) is 4.81. The maximum atomic E-state index is 9.93. The van der Waals surface area contributed by atoms with Crippen molar-refractivity contribution in [3.05, 3.63) is 23.5 Å². The van der Waals surface area contributed by atoms with Gasteiger partial charge in [-0.2, -0.15) is 0 Å². The minimum Gasteiger partial charge on any atom is -0.396 e. The molecule has 12 heavy (non-hydrogen) atoms. The Hall–Kier alpha value is -1.82. The molecule has 60 valence electrons. The molecule has 0 aromatic carbocycles. The average molecular weight is 160 g/mol. The van der Waals surface area contributed by atoms with Crippen molar-refractivity contribution in [1.29, 1.82) is 0 Å². The molecule has 2 N–H and O–H groups in total. The Balaban J connectivity index is 3.16. The maximum absolute atomic E-state index is 9.93. The molecule has 1 aromatic heterocycles. The van der Waals surface area contributed by atoms with Gasteiger partial charge in [0.2, 0.25) is 0 Å². The van der Waals surface area contributed by atoms with Crippen LogP contribution in [0, 0.1) is 18.8 Å². The third-order valence-corrected chi connectivity index (χ3v) is 1.46. The number of hydrogen-bond donors (Lipinski definition) is 1. The number of hydrogen-bond acceptors (Lipinski definition) is 3. The van der Waals surface area contributed by atoms with Gasteiger partial charge in [0.05, 0.1) is 5.69 Å². The third kappa shape index (κ3) is 1.61. The predicted molar refractivity (Wildman–Crippen MR) is 46.3 cm³/mol. The molecule has 0 atom stereocenters. The van der Waals surface area contributed by atoms with Gasteiger partial charge >= 0.3 is 0 Å². The fraction of sp³-hybridized carbons (Fsp3) is 0.111. The molecule has 0 radical (unpaired) electrons. The summed E-state index contributed by atoms with van der Waals surface area (Å²) in [6.45, 7) is 1.86. The number of nitrogens with two attached hydrogens (primary N) is 1. The highest BCUT2D eigenvalue weighted by molar-refractivity contribution is 5.75. The predicted octanol–water partition coefficient (Wildman–Crippen LogP) is 0.523. The summed E-state index contributed by atoms with van der Waals surface area (Å²) >= 11 is 0. The van der Waals surface area contributed by atoms with Crippen molar-refractivity contribution in [3.63, 3.8) is 0 Å². The van der Waals surface area contributed by atoms with Crippen molar-refractivity contribution >= 4 is 12.0 Å². The highest BCUT2D eigenvalue weighted by Crippen LogP contribution is 2.11. The molecule has 0 spiro atoms. The molecule has 0 aliphatic heterocycles. The van der Waals surface area contributed by atoms with Crippen LogP contribution in [-0.4, -0.2) is 11.3 Å². The first kappa shape index (κ1) is 8.28. The Morgan fingerprint density at radius 1 is 1.67 bits per heavy atom. The van der Waals surface area contributed by atoms with Crippen LogP contribution in [0.2, 0.25) is 0 Å². The van der Waals surface area contributed by atoms with E-state index < -0.39 is 0 Å². The average Bonchev–Trinajstić information content (AvgIpc) is 2.08. The highest BCUT2D eigenvalue weighted by Gasteiger charge is 1.98. The van der Waals surface area contributed by atoms with Crippen LogP contribution in [0.1, 0.15) is 11.3 Å². The molecule has 3 heteroatoms. The quantitative estimate of drug-likeness (QED) is 0.444. The first-order valence-corrected chi connectivity index (χ1v) is 3.42. The lowest BCUT2D eigenvalue weighted by Gasteiger charge is -1.99. The Morgan fingerprint density at radius 2 is 2.42 bits per heavy atom. The minimum atomic E-state index is 0.460. The molecule has 1 rings (SSSR count). The van der Waals surface area contributed by atoms with E-state index in [0.29, 0.717) is 17.7 Å². The SMILES string of the molecule is Cc1ccnc(C#CC=O)c1N. The molecule has 0 fully saturated rings. The van der Waals surface area contributed by atoms with E-state index in [1.165, 1.54) is 0 Å². The van der Waals surface area contributed by atoms with Crippen LogP contribution in [0.3, 0.4) is 0 Å². The van der Waals surface area contributed by atoms with E-state index in [-0.39, 0.29) is 0 Å². The van der Waals surface area contributed by atoms with Crippen molar-refractivity contribution < 1.29 is 4.79 Å². The number of nitrogens with zero attached hydrogens (tertiary/aromatic N) is 1. The normalized spacial score (nSPS) is 8.42. The van der Waals surface area contributed by atoms with E-state index >= 15 is 0 Å². The van der Waals surface area contributed by atoms with Gasteiger partial charge in [-0.15, -0.1) is 0 Å². The van der Waals surface area contributed by atoms with Crippen molar-refractivity contribution in [1.82, 2.24) is 4.98 Å². The zero-order chi connectivity index (χ0) is 8.97. The highest BCUT2D eigenvalue weighted by atomic mass is 16.1.